The molecule has 0 unspecified atom stereocenters. The molecule has 0 bridgehead atoms. The molecule has 0 atom stereocenters. The molecule has 0 fully saturated rings. The molecule has 0 saturated carbocycles. The fourth-order valence-corrected chi connectivity index (χ4v) is 1.83. The van der Waals surface area contributed by atoms with E-state index in [2.05, 4.69) is 23.8 Å². The summed E-state index contributed by atoms with van der Waals surface area (Å²) in [4.78, 5) is 8.78. The maximum absolute atomic E-state index is 5.57. The third-order valence-corrected chi connectivity index (χ3v) is 3.08. The summed E-state index contributed by atoms with van der Waals surface area (Å²) in [7, 11) is 1.71. The van der Waals surface area contributed by atoms with Crippen molar-refractivity contribution in [3.63, 3.8) is 0 Å². The van der Waals surface area contributed by atoms with E-state index in [1.54, 1.807) is 7.11 Å². The molecule has 4 heteroatoms. The number of nitrogens with two attached hydrogens (primary N) is 1. The summed E-state index contributed by atoms with van der Waals surface area (Å²) in [5.74, 6) is 0.765. The van der Waals surface area contributed by atoms with Gasteiger partial charge in [0.25, 0.3) is 0 Å². The van der Waals surface area contributed by atoms with E-state index in [-0.39, 0.29) is 5.60 Å². The number of hydrogen-bond donors (Lipinski definition) is 1. The maximum Gasteiger partial charge on any atom is 0.160 e. The van der Waals surface area contributed by atoms with E-state index in [4.69, 9.17) is 10.5 Å². The Morgan fingerprint density at radius 2 is 1.81 bits per heavy atom. The van der Waals surface area contributed by atoms with Gasteiger partial charge in [0, 0.05) is 19.5 Å². The summed E-state index contributed by atoms with van der Waals surface area (Å²) >= 11 is 0. The number of rotatable bonds is 6. The zero-order chi connectivity index (χ0) is 12.0. The lowest BCUT2D eigenvalue weighted by atomic mass is 9.96. The van der Waals surface area contributed by atoms with Crippen molar-refractivity contribution in [3.8, 4) is 0 Å². The first-order chi connectivity index (χ1) is 7.72. The zero-order valence-electron chi connectivity index (χ0n) is 10.4. The van der Waals surface area contributed by atoms with Gasteiger partial charge in [-0.3, -0.25) is 0 Å². The van der Waals surface area contributed by atoms with Crippen LogP contribution in [0.3, 0.4) is 0 Å². The number of ether oxygens (including phenoxy) is 1. The van der Waals surface area contributed by atoms with Crippen LogP contribution in [-0.4, -0.2) is 23.6 Å². The van der Waals surface area contributed by atoms with E-state index in [1.165, 1.54) is 0 Å². The van der Waals surface area contributed by atoms with Gasteiger partial charge in [0.1, 0.15) is 5.60 Å². The van der Waals surface area contributed by atoms with Crippen LogP contribution >= 0.6 is 0 Å². The molecule has 16 heavy (non-hydrogen) atoms. The molecule has 1 rings (SSSR count). The van der Waals surface area contributed by atoms with Crippen LogP contribution in [0.25, 0.3) is 0 Å². The molecule has 0 radical (unpaired) electrons. The molecule has 0 aliphatic carbocycles. The molecular weight excluding hydrogens is 202 g/mol. The maximum atomic E-state index is 5.57. The first-order valence-electron chi connectivity index (χ1n) is 5.79. The van der Waals surface area contributed by atoms with Gasteiger partial charge in [0.15, 0.2) is 5.82 Å². The second-order valence-electron chi connectivity index (χ2n) is 3.86. The molecule has 1 aromatic heterocycles. The van der Waals surface area contributed by atoms with Crippen LogP contribution in [0.1, 0.15) is 38.1 Å². The zero-order valence-corrected chi connectivity index (χ0v) is 10.4. The molecule has 4 nitrogen and oxygen atoms in total. The Morgan fingerprint density at radius 1 is 1.25 bits per heavy atom. The number of nitrogens with zero attached hydrogens (tertiary/aromatic N) is 2. The summed E-state index contributed by atoms with van der Waals surface area (Å²) < 4.78 is 5.57. The number of hydrogen-bond acceptors (Lipinski definition) is 4. The van der Waals surface area contributed by atoms with Crippen molar-refractivity contribution in [2.45, 2.75) is 38.7 Å². The lowest BCUT2D eigenvalue weighted by Crippen LogP contribution is -2.29. The summed E-state index contributed by atoms with van der Waals surface area (Å²) in [5.41, 5.74) is 6.21. The van der Waals surface area contributed by atoms with Gasteiger partial charge in [0.2, 0.25) is 0 Å². The van der Waals surface area contributed by atoms with E-state index in [1.807, 2.05) is 12.4 Å². The summed E-state index contributed by atoms with van der Waals surface area (Å²) in [5, 5.41) is 0. The van der Waals surface area contributed by atoms with Crippen LogP contribution in [-0.2, 0) is 16.8 Å². The molecule has 0 saturated heterocycles. The topological polar surface area (TPSA) is 61.0 Å². The van der Waals surface area contributed by atoms with E-state index >= 15 is 0 Å². The van der Waals surface area contributed by atoms with Gasteiger partial charge in [-0.1, -0.05) is 13.8 Å². The number of aromatic nitrogens is 2. The Hall–Kier alpha value is -1.00. The van der Waals surface area contributed by atoms with Gasteiger partial charge < -0.3 is 10.5 Å². The predicted molar refractivity (Wildman–Crippen MR) is 64.1 cm³/mol. The van der Waals surface area contributed by atoms with Crippen molar-refractivity contribution in [1.29, 1.82) is 0 Å². The minimum Gasteiger partial charge on any atom is -0.370 e. The monoisotopic (exact) mass is 223 g/mol. The standard InChI is InChI=1S/C12H21N3O/c1-4-12(5-2,16-3)11-14-8-10(6-7-13)9-15-11/h8-9H,4-7,13H2,1-3H3. The van der Waals surface area contributed by atoms with Gasteiger partial charge in [-0.25, -0.2) is 9.97 Å². The van der Waals surface area contributed by atoms with E-state index < -0.39 is 0 Å². The smallest absolute Gasteiger partial charge is 0.160 e. The van der Waals surface area contributed by atoms with Crippen molar-refractivity contribution in [3.05, 3.63) is 23.8 Å². The van der Waals surface area contributed by atoms with Crippen LogP contribution in [0.2, 0.25) is 0 Å². The predicted octanol–water partition coefficient (Wildman–Crippen LogP) is 1.64. The molecule has 90 valence electrons. The molecule has 0 spiro atoms. The van der Waals surface area contributed by atoms with Crippen molar-refractivity contribution < 1.29 is 4.74 Å². The lowest BCUT2D eigenvalue weighted by molar-refractivity contribution is -0.0292. The van der Waals surface area contributed by atoms with Crippen molar-refractivity contribution in [2.75, 3.05) is 13.7 Å². The second kappa shape index (κ2) is 5.92. The van der Waals surface area contributed by atoms with Gasteiger partial charge in [-0.05, 0) is 31.4 Å². The molecule has 0 aliphatic rings. The molecule has 2 N–H and O–H groups in total. The average Bonchev–Trinajstić information content (AvgIpc) is 2.34. The SMILES string of the molecule is CCC(CC)(OC)c1ncc(CCN)cn1. The molecule has 0 aliphatic heterocycles. The minimum atomic E-state index is -0.346. The summed E-state index contributed by atoms with van der Waals surface area (Å²) in [6.45, 7) is 4.80. The van der Waals surface area contributed by atoms with Crippen LogP contribution in [0.5, 0.6) is 0 Å². The lowest BCUT2D eigenvalue weighted by Gasteiger charge is -2.28. The highest BCUT2D eigenvalue weighted by Gasteiger charge is 2.30. The number of methoxy groups -OCH3 is 1. The second-order valence-corrected chi connectivity index (χ2v) is 3.86. The van der Waals surface area contributed by atoms with Gasteiger partial charge >= 0.3 is 0 Å². The molecule has 1 aromatic rings. The molecule has 0 amide bonds. The first kappa shape index (κ1) is 13.1. The third-order valence-electron chi connectivity index (χ3n) is 3.08. The van der Waals surface area contributed by atoms with Crippen LogP contribution in [0.4, 0.5) is 0 Å². The Bertz CT molecular complexity index is 298. The van der Waals surface area contributed by atoms with Crippen molar-refractivity contribution in [1.82, 2.24) is 9.97 Å². The third kappa shape index (κ3) is 2.57. The Kier molecular flexibility index (Phi) is 4.83. The summed E-state index contributed by atoms with van der Waals surface area (Å²) in [6.07, 6.45) is 6.24. The van der Waals surface area contributed by atoms with Crippen molar-refractivity contribution in [2.24, 2.45) is 5.73 Å². The van der Waals surface area contributed by atoms with Crippen LogP contribution in [0, 0.1) is 0 Å². The molecule has 0 aromatic carbocycles. The minimum absolute atomic E-state index is 0.346. The molecule has 1 heterocycles. The summed E-state index contributed by atoms with van der Waals surface area (Å²) in [6, 6.07) is 0. The first-order valence-corrected chi connectivity index (χ1v) is 5.79. The average molecular weight is 223 g/mol. The fourth-order valence-electron chi connectivity index (χ4n) is 1.83. The van der Waals surface area contributed by atoms with Crippen LogP contribution < -0.4 is 5.73 Å². The fraction of sp³-hybridized carbons (Fsp3) is 0.667. The van der Waals surface area contributed by atoms with Crippen molar-refractivity contribution >= 4 is 0 Å². The van der Waals surface area contributed by atoms with E-state index in [9.17, 15) is 0 Å². The van der Waals surface area contributed by atoms with Crippen LogP contribution in [0.15, 0.2) is 12.4 Å². The highest BCUT2D eigenvalue weighted by Crippen LogP contribution is 2.29. The van der Waals surface area contributed by atoms with Gasteiger partial charge in [-0.2, -0.15) is 0 Å². The van der Waals surface area contributed by atoms with E-state index in [0.717, 1.165) is 30.7 Å². The highest BCUT2D eigenvalue weighted by atomic mass is 16.5. The quantitative estimate of drug-likeness (QED) is 0.796. The van der Waals surface area contributed by atoms with Gasteiger partial charge in [-0.15, -0.1) is 0 Å². The Balaban J connectivity index is 2.94. The highest BCUT2D eigenvalue weighted by molar-refractivity contribution is 5.10. The normalized spacial score (nSPS) is 11.8. The molecular formula is C12H21N3O. The van der Waals surface area contributed by atoms with E-state index in [0.29, 0.717) is 6.54 Å². The Morgan fingerprint density at radius 3 is 2.19 bits per heavy atom. The van der Waals surface area contributed by atoms with Gasteiger partial charge in [0.05, 0.1) is 0 Å². The largest absolute Gasteiger partial charge is 0.370 e. The Labute approximate surface area is 97.2 Å².